The van der Waals surface area contributed by atoms with Gasteiger partial charge in [0, 0.05) is 45.7 Å². The molecule has 0 radical (unpaired) electrons. The van der Waals surface area contributed by atoms with Gasteiger partial charge in [-0.15, -0.1) is 0 Å². The Bertz CT molecular complexity index is 841. The zero-order valence-corrected chi connectivity index (χ0v) is 35.0. The Kier molecular flexibility index (Phi) is 41.4. The predicted molar refractivity (Wildman–Crippen MR) is 131 cm³/mol. The molecule has 0 aliphatic rings. The topological polar surface area (TPSA) is 213 Å². The molecule has 13 nitrogen and oxygen atoms in total. The van der Waals surface area contributed by atoms with Crippen molar-refractivity contribution in [3.63, 3.8) is 0 Å². The van der Waals surface area contributed by atoms with Crippen LogP contribution in [0.1, 0.15) is 77.6 Å². The summed E-state index contributed by atoms with van der Waals surface area (Å²) < 4.78 is 32.8. The molecule has 0 rings (SSSR count). The number of hydrogen-bond donors (Lipinski definition) is 1. The Morgan fingerprint density at radius 2 is 1.07 bits per heavy atom. The second-order valence-corrected chi connectivity index (χ2v) is 10.9. The molecule has 42 heavy (non-hydrogen) atoms. The van der Waals surface area contributed by atoms with Gasteiger partial charge in [-0.25, -0.2) is 8.42 Å². The largest absolute Gasteiger partial charge is 1.00 e. The van der Waals surface area contributed by atoms with E-state index in [0.29, 0.717) is 6.54 Å². The van der Waals surface area contributed by atoms with Crippen LogP contribution in [0.3, 0.4) is 0 Å². The van der Waals surface area contributed by atoms with Gasteiger partial charge in [0.15, 0.2) is 0 Å². The molecule has 0 fully saturated rings. The molecule has 0 saturated carbocycles. The van der Waals surface area contributed by atoms with E-state index in [2.05, 4.69) is 12.2 Å². The van der Waals surface area contributed by atoms with Crippen molar-refractivity contribution in [2.75, 3.05) is 45.8 Å². The Hall–Kier alpha value is 1.71. The first kappa shape index (κ1) is 53.2. The van der Waals surface area contributed by atoms with Gasteiger partial charge in [-0.2, -0.15) is 0 Å². The molecular weight excluding hydrogens is 614 g/mol. The van der Waals surface area contributed by atoms with Crippen molar-refractivity contribution in [3.8, 4) is 0 Å². The summed E-state index contributed by atoms with van der Waals surface area (Å²) in [6.07, 6.45) is 10.2. The molecule has 0 aromatic carbocycles. The Morgan fingerprint density at radius 1 is 0.667 bits per heavy atom. The van der Waals surface area contributed by atoms with Gasteiger partial charge in [0.1, 0.15) is 10.1 Å². The van der Waals surface area contributed by atoms with Crippen LogP contribution in [0, 0.1) is 0 Å². The number of nitrogens with one attached hydrogen (secondary N) is 1. The van der Waals surface area contributed by atoms with Crippen molar-refractivity contribution in [2.45, 2.75) is 82.8 Å². The van der Waals surface area contributed by atoms with Gasteiger partial charge >= 0.3 is 118 Å². The van der Waals surface area contributed by atoms with Gasteiger partial charge in [0.2, 0.25) is 5.91 Å². The number of hydrogen-bond acceptors (Lipinski definition) is 12. The van der Waals surface area contributed by atoms with E-state index in [1.54, 1.807) is 4.90 Å². The standard InChI is InChI=1S/C24H45N3O10S.4Na/c1-2-3-4-5-6-7-8-9-10-11-13-26(18-22(29)30)15-16-27(19-23(31)32)14-12-25-21(28)17-20(24(33)34)38(35,36)37;;;;/h20H,2-19H2,1H3,(H,25,28)(H,29,30)(H,31,32)(H,33,34)(H,35,36,37);;;;/q;4*+1/p-4. The second-order valence-electron chi connectivity index (χ2n) is 9.33. The van der Waals surface area contributed by atoms with Crippen LogP contribution in [0.25, 0.3) is 0 Å². The molecule has 18 heteroatoms. The van der Waals surface area contributed by atoms with Crippen molar-refractivity contribution in [1.82, 2.24) is 15.1 Å². The number of carboxylic acid groups (broad SMARTS) is 3. The number of carbonyl (C=O) groups excluding carboxylic acids is 4. The van der Waals surface area contributed by atoms with E-state index in [-0.39, 0.29) is 151 Å². The fourth-order valence-corrected chi connectivity index (χ4v) is 4.50. The van der Waals surface area contributed by atoms with Crippen LogP contribution in [-0.2, 0) is 29.3 Å². The average Bonchev–Trinajstić information content (AvgIpc) is 2.80. The average molecular weight is 656 g/mol. The van der Waals surface area contributed by atoms with E-state index in [1.165, 1.54) is 43.4 Å². The van der Waals surface area contributed by atoms with Crippen LogP contribution in [-0.4, -0.2) is 97.6 Å². The zero-order valence-electron chi connectivity index (χ0n) is 26.2. The van der Waals surface area contributed by atoms with Crippen LogP contribution in [0.15, 0.2) is 0 Å². The third-order valence-electron chi connectivity index (χ3n) is 6.00. The van der Waals surface area contributed by atoms with Crippen molar-refractivity contribution in [2.24, 2.45) is 0 Å². The maximum Gasteiger partial charge on any atom is 1.00 e. The monoisotopic (exact) mass is 655 g/mol. The fourth-order valence-electron chi connectivity index (χ4n) is 3.91. The minimum absolute atomic E-state index is 0. The molecule has 1 amide bonds. The first-order valence-electron chi connectivity index (χ1n) is 13.1. The molecule has 1 N–H and O–H groups in total. The fraction of sp³-hybridized carbons (Fsp3) is 0.833. The molecule has 0 aromatic heterocycles. The number of rotatable bonds is 25. The van der Waals surface area contributed by atoms with Crippen LogP contribution in [0.2, 0.25) is 0 Å². The van der Waals surface area contributed by atoms with Crippen molar-refractivity contribution in [3.05, 3.63) is 0 Å². The van der Waals surface area contributed by atoms with E-state index in [4.69, 9.17) is 0 Å². The predicted octanol–water partition coefficient (Wildman–Crippen LogP) is -14.8. The summed E-state index contributed by atoms with van der Waals surface area (Å²) in [4.78, 5) is 47.9. The van der Waals surface area contributed by atoms with Gasteiger partial charge in [-0.1, -0.05) is 64.7 Å². The van der Waals surface area contributed by atoms with E-state index in [0.717, 1.165) is 25.7 Å². The first-order valence-corrected chi connectivity index (χ1v) is 14.6. The number of aliphatic carboxylic acids is 3. The SMILES string of the molecule is CCCCCCCCCCCCN(CCN(CCNC(=O)CC(C(=O)[O-])S(=O)(=O)[O-])CC(=O)[O-])CC(=O)[O-].[Na+].[Na+].[Na+].[Na+]. The third kappa shape index (κ3) is 31.7. The summed E-state index contributed by atoms with van der Waals surface area (Å²) >= 11 is 0. The summed E-state index contributed by atoms with van der Waals surface area (Å²) in [5, 5.41) is 32.7. The quantitative estimate of drug-likeness (QED) is 0.0552. The Balaban J connectivity index is -0.00000114. The molecule has 0 spiro atoms. The molecule has 1 atom stereocenters. The van der Waals surface area contributed by atoms with Gasteiger partial charge in [-0.05, 0) is 13.0 Å². The molecular formula is C24H41N3Na4O10S. The molecule has 1 unspecified atom stereocenters. The summed E-state index contributed by atoms with van der Waals surface area (Å²) in [5.41, 5.74) is 0. The molecule has 0 aliphatic heterocycles. The van der Waals surface area contributed by atoms with Crippen LogP contribution in [0.4, 0.5) is 0 Å². The minimum Gasteiger partial charge on any atom is -0.747 e. The smallest absolute Gasteiger partial charge is 0.747 e. The normalized spacial score (nSPS) is 11.3. The number of carbonyl (C=O) groups is 4. The van der Waals surface area contributed by atoms with Crippen LogP contribution < -0.4 is 139 Å². The van der Waals surface area contributed by atoms with Gasteiger partial charge in [0.25, 0.3) is 0 Å². The van der Waals surface area contributed by atoms with Gasteiger partial charge in [0.05, 0.1) is 23.2 Å². The summed E-state index contributed by atoms with van der Waals surface area (Å²) in [5.74, 6) is -5.88. The second kappa shape index (κ2) is 32.6. The molecule has 222 valence electrons. The molecule has 0 aromatic rings. The van der Waals surface area contributed by atoms with E-state index in [1.807, 2.05) is 0 Å². The third-order valence-corrected chi connectivity index (χ3v) is 7.05. The molecule has 0 heterocycles. The number of nitrogens with zero attached hydrogens (tertiary/aromatic N) is 2. The van der Waals surface area contributed by atoms with Gasteiger partial charge < -0.3 is 39.6 Å². The van der Waals surface area contributed by atoms with Crippen molar-refractivity contribution < 1.29 is 166 Å². The van der Waals surface area contributed by atoms with Crippen molar-refractivity contribution in [1.29, 1.82) is 0 Å². The number of amides is 1. The van der Waals surface area contributed by atoms with E-state index >= 15 is 0 Å². The van der Waals surface area contributed by atoms with E-state index < -0.39 is 52.1 Å². The van der Waals surface area contributed by atoms with E-state index in [9.17, 15) is 47.5 Å². The summed E-state index contributed by atoms with van der Waals surface area (Å²) in [6.45, 7) is 1.99. The summed E-state index contributed by atoms with van der Waals surface area (Å²) in [6, 6.07) is 0. The zero-order chi connectivity index (χ0) is 29.0. The van der Waals surface area contributed by atoms with Crippen LogP contribution in [0.5, 0.6) is 0 Å². The Morgan fingerprint density at radius 3 is 1.45 bits per heavy atom. The Labute approximate surface area is 339 Å². The number of unbranched alkanes of at least 4 members (excludes halogenated alkanes) is 9. The summed E-state index contributed by atoms with van der Waals surface area (Å²) in [7, 11) is -5.29. The molecule has 0 bridgehead atoms. The molecule has 0 saturated heterocycles. The van der Waals surface area contributed by atoms with Crippen molar-refractivity contribution >= 4 is 33.9 Å². The molecule has 0 aliphatic carbocycles. The minimum atomic E-state index is -5.29. The number of carboxylic acids is 3. The van der Waals surface area contributed by atoms with Crippen LogP contribution >= 0.6 is 0 Å². The maximum absolute atomic E-state index is 11.8. The first-order chi connectivity index (χ1) is 17.9. The maximum atomic E-state index is 11.8. The van der Waals surface area contributed by atoms with Gasteiger partial charge in [-0.3, -0.25) is 14.6 Å².